The van der Waals surface area contributed by atoms with Gasteiger partial charge in [-0.25, -0.2) is 0 Å². The van der Waals surface area contributed by atoms with Crippen LogP contribution >= 0.6 is 22.6 Å². The fraction of sp³-hybridized carbons (Fsp3) is 0.0667. The summed E-state index contributed by atoms with van der Waals surface area (Å²) in [5.74, 6) is 0.0192. The van der Waals surface area contributed by atoms with Crippen molar-refractivity contribution in [2.75, 3.05) is 0 Å². The molecule has 0 aliphatic carbocycles. The summed E-state index contributed by atoms with van der Waals surface area (Å²) in [6, 6.07) is 14.7. The number of hydroxylamine groups is 1. The third-order valence-corrected chi connectivity index (χ3v) is 3.36. The van der Waals surface area contributed by atoms with Gasteiger partial charge in [-0.1, -0.05) is 35.4 Å². The highest BCUT2D eigenvalue weighted by Crippen LogP contribution is 2.16. The maximum absolute atomic E-state index is 9.82. The van der Waals surface area contributed by atoms with Crippen LogP contribution in [0.5, 0.6) is 0 Å². The number of nitrogens with one attached hydrogen (secondary N) is 1. The van der Waals surface area contributed by atoms with Crippen molar-refractivity contribution in [2.24, 2.45) is 0 Å². The second kappa shape index (κ2) is 6.74. The standard InChI is InChI=1S/C15H14IN2O2/c1-10-3-2-4-12(9-10)14(17)18-20-15(19)11-5-7-13(16)8-6-11/h2-9,19-20H,1H3,(H-,17,18)/q-1. The Morgan fingerprint density at radius 2 is 1.95 bits per heavy atom. The van der Waals surface area contributed by atoms with E-state index in [0.717, 1.165) is 9.13 Å². The Bertz CT molecular complexity index is 599. The normalized spacial score (nSPS) is 10.2. The maximum atomic E-state index is 9.82. The molecule has 0 radical (unpaired) electrons. The molecule has 0 aliphatic heterocycles. The molecule has 2 aromatic carbocycles. The lowest BCUT2D eigenvalue weighted by Gasteiger charge is -2.18. The molecule has 0 unspecified atom stereocenters. The number of aliphatic hydroxyl groups excluding tert-OH is 1. The SMILES string of the molecule is Cc1cccc(C(=N)[N-][OH+][C-](O)c2ccc(I)cc2)c1. The number of halogens is 1. The van der Waals surface area contributed by atoms with Gasteiger partial charge in [0.05, 0.1) is 0 Å². The van der Waals surface area contributed by atoms with E-state index in [9.17, 15) is 5.11 Å². The van der Waals surface area contributed by atoms with Crippen LogP contribution in [-0.4, -0.2) is 15.8 Å². The van der Waals surface area contributed by atoms with Crippen molar-refractivity contribution < 1.29 is 9.94 Å². The average Bonchev–Trinajstić information content (AvgIpc) is 2.45. The van der Waals surface area contributed by atoms with Crippen molar-refractivity contribution in [1.82, 2.24) is 0 Å². The lowest BCUT2D eigenvalue weighted by atomic mass is 10.1. The second-order valence-electron chi connectivity index (χ2n) is 4.25. The van der Waals surface area contributed by atoms with Gasteiger partial charge in [0, 0.05) is 5.84 Å². The van der Waals surface area contributed by atoms with Crippen LogP contribution in [0.25, 0.3) is 5.48 Å². The Morgan fingerprint density at radius 3 is 2.60 bits per heavy atom. The van der Waals surface area contributed by atoms with E-state index in [1.165, 1.54) is 0 Å². The van der Waals surface area contributed by atoms with Crippen molar-refractivity contribution in [2.45, 2.75) is 6.92 Å². The van der Waals surface area contributed by atoms with Crippen molar-refractivity contribution in [3.05, 3.63) is 80.6 Å². The maximum Gasteiger partial charge on any atom is 0.248 e. The number of nitrogens with zero attached hydrogens (tertiary/aromatic N) is 1. The van der Waals surface area contributed by atoms with Crippen LogP contribution in [0.15, 0.2) is 48.5 Å². The van der Waals surface area contributed by atoms with Gasteiger partial charge in [-0.3, -0.25) is 0 Å². The topological polar surface area (TPSA) is 71.0 Å². The number of hydrogen-bond donors (Lipinski definition) is 2. The number of aliphatic hydroxyl groups is 2. The minimum Gasteiger partial charge on any atom is -0.476 e. The molecule has 2 aromatic rings. The molecule has 0 bridgehead atoms. The molecule has 20 heavy (non-hydrogen) atoms. The fourth-order valence-electron chi connectivity index (χ4n) is 1.60. The predicted molar refractivity (Wildman–Crippen MR) is 86.6 cm³/mol. The molecule has 2 rings (SSSR count). The molecular formula is C15H14IN2O2-. The quantitative estimate of drug-likeness (QED) is 0.205. The first-order valence-electron chi connectivity index (χ1n) is 5.95. The number of rotatable bonds is 4. The summed E-state index contributed by atoms with van der Waals surface area (Å²) in [7, 11) is 0. The minimum absolute atomic E-state index is 0.0192. The van der Waals surface area contributed by atoms with Crippen LogP contribution in [0, 0.1) is 22.2 Å². The van der Waals surface area contributed by atoms with Crippen LogP contribution in [0.2, 0.25) is 0 Å². The van der Waals surface area contributed by atoms with E-state index in [2.05, 4.69) is 32.9 Å². The average molecular weight is 381 g/mol. The summed E-state index contributed by atoms with van der Waals surface area (Å²) in [6.45, 7) is 1.95. The van der Waals surface area contributed by atoms with Crippen LogP contribution in [0.4, 0.5) is 0 Å². The van der Waals surface area contributed by atoms with E-state index in [1.54, 1.807) is 18.2 Å². The lowest BCUT2D eigenvalue weighted by molar-refractivity contribution is -0.0418. The zero-order valence-corrected chi connectivity index (χ0v) is 13.0. The van der Waals surface area contributed by atoms with Gasteiger partial charge in [0.25, 0.3) is 0 Å². The summed E-state index contributed by atoms with van der Waals surface area (Å²) in [4.78, 5) is 3.70. The van der Waals surface area contributed by atoms with Crippen molar-refractivity contribution in [3.63, 3.8) is 0 Å². The van der Waals surface area contributed by atoms with E-state index in [4.69, 9.17) is 5.41 Å². The first-order chi connectivity index (χ1) is 9.56. The van der Waals surface area contributed by atoms with Gasteiger partial charge in [0.15, 0.2) is 0 Å². The number of aryl methyl sites for hydroxylation is 1. The Hall–Kier alpha value is -1.57. The van der Waals surface area contributed by atoms with Crippen LogP contribution in [-0.2, 0) is 0 Å². The molecule has 0 saturated carbocycles. The van der Waals surface area contributed by atoms with E-state index < -0.39 is 0 Å². The predicted octanol–water partition coefficient (Wildman–Crippen LogP) is 4.13. The van der Waals surface area contributed by atoms with E-state index in [1.807, 2.05) is 37.3 Å². The lowest BCUT2D eigenvalue weighted by Crippen LogP contribution is -2.10. The van der Waals surface area contributed by atoms with Crippen LogP contribution in [0.3, 0.4) is 0 Å². The summed E-state index contributed by atoms with van der Waals surface area (Å²) < 4.78 is 1.07. The van der Waals surface area contributed by atoms with Gasteiger partial charge < -0.3 is 15.4 Å². The van der Waals surface area contributed by atoms with Gasteiger partial charge >= 0.3 is 0 Å². The zero-order valence-electron chi connectivity index (χ0n) is 10.8. The number of amidine groups is 1. The Labute approximate surface area is 131 Å². The molecule has 104 valence electrons. The van der Waals surface area contributed by atoms with E-state index >= 15 is 0 Å². The van der Waals surface area contributed by atoms with Gasteiger partial charge in [0.2, 0.25) is 6.29 Å². The number of hydrogen-bond acceptors (Lipinski definition) is 2. The summed E-state index contributed by atoms with van der Waals surface area (Å²) >= 11 is 2.18. The van der Waals surface area contributed by atoms with Gasteiger partial charge in [-0.05, 0) is 38.6 Å². The first kappa shape index (κ1) is 14.8. The Balaban J connectivity index is 1.94. The van der Waals surface area contributed by atoms with Gasteiger partial charge in [0.1, 0.15) is 0 Å². The molecule has 0 atom stereocenters. The molecule has 0 spiro atoms. The van der Waals surface area contributed by atoms with Crippen molar-refractivity contribution >= 4 is 28.4 Å². The Kier molecular flexibility index (Phi) is 4.99. The molecule has 0 aromatic heterocycles. The molecular weight excluding hydrogens is 367 g/mol. The van der Waals surface area contributed by atoms with Crippen LogP contribution in [0.1, 0.15) is 16.7 Å². The second-order valence-corrected chi connectivity index (χ2v) is 5.49. The highest BCUT2D eigenvalue weighted by Gasteiger charge is 2.05. The minimum atomic E-state index is -0.196. The summed E-state index contributed by atoms with van der Waals surface area (Å²) in [6.07, 6.45) is -0.196. The van der Waals surface area contributed by atoms with Crippen LogP contribution < -0.4 is 0 Å². The van der Waals surface area contributed by atoms with E-state index in [-0.39, 0.29) is 12.1 Å². The first-order valence-corrected chi connectivity index (χ1v) is 7.03. The smallest absolute Gasteiger partial charge is 0.248 e. The molecule has 0 saturated heterocycles. The third kappa shape index (κ3) is 3.96. The van der Waals surface area contributed by atoms with E-state index in [0.29, 0.717) is 11.1 Å². The molecule has 0 heterocycles. The molecule has 0 fully saturated rings. The molecule has 3 N–H and O–H groups in total. The summed E-state index contributed by atoms with van der Waals surface area (Å²) in [5.41, 5.74) is 6.05. The zero-order chi connectivity index (χ0) is 14.5. The highest BCUT2D eigenvalue weighted by atomic mass is 127. The molecule has 0 amide bonds. The van der Waals surface area contributed by atoms with Crippen molar-refractivity contribution in [3.8, 4) is 0 Å². The van der Waals surface area contributed by atoms with Gasteiger partial charge in [-0.2, -0.15) is 17.6 Å². The molecule has 0 aliphatic rings. The number of benzene rings is 2. The highest BCUT2D eigenvalue weighted by molar-refractivity contribution is 14.1. The third-order valence-electron chi connectivity index (χ3n) is 2.64. The monoisotopic (exact) mass is 381 g/mol. The van der Waals surface area contributed by atoms with Gasteiger partial charge in [-0.15, -0.1) is 12.1 Å². The van der Waals surface area contributed by atoms with Crippen molar-refractivity contribution in [1.29, 1.82) is 5.41 Å². The Morgan fingerprint density at radius 1 is 1.25 bits per heavy atom. The largest absolute Gasteiger partial charge is 0.476 e. The summed E-state index contributed by atoms with van der Waals surface area (Å²) in [5, 5.41) is 17.6. The fourth-order valence-corrected chi connectivity index (χ4v) is 1.96. The molecule has 5 heteroatoms. The molecule has 4 nitrogen and oxygen atoms in total.